The molecule has 1 amide bonds. The van der Waals surface area contributed by atoms with E-state index >= 15 is 0 Å². The second-order valence-electron chi connectivity index (χ2n) is 6.49. The number of hydrogen-bond donors (Lipinski definition) is 0. The fraction of sp³-hybridized carbons (Fsp3) is 0.500. The van der Waals surface area contributed by atoms with Gasteiger partial charge in [0.25, 0.3) is 5.91 Å². The zero-order valence-corrected chi connectivity index (χ0v) is 13.2. The number of rotatable bonds is 2. The van der Waals surface area contributed by atoms with Gasteiger partial charge in [-0.25, -0.2) is 0 Å². The highest BCUT2D eigenvalue weighted by atomic mass is 16.2. The van der Waals surface area contributed by atoms with E-state index in [2.05, 4.69) is 30.2 Å². The quantitative estimate of drug-likeness (QED) is 0.833. The van der Waals surface area contributed by atoms with Crippen LogP contribution >= 0.6 is 0 Å². The number of amides is 1. The lowest BCUT2D eigenvalue weighted by molar-refractivity contribution is 0.0827. The number of nitrogens with zero attached hydrogens (tertiary/aromatic N) is 2. The molecule has 112 valence electrons. The van der Waals surface area contributed by atoms with Crippen molar-refractivity contribution in [3.8, 4) is 0 Å². The van der Waals surface area contributed by atoms with Crippen LogP contribution in [0.25, 0.3) is 5.57 Å². The van der Waals surface area contributed by atoms with Crippen LogP contribution in [0.3, 0.4) is 0 Å². The molecule has 0 radical (unpaired) electrons. The van der Waals surface area contributed by atoms with Crippen molar-refractivity contribution in [2.24, 2.45) is 0 Å². The van der Waals surface area contributed by atoms with Gasteiger partial charge in [-0.15, -0.1) is 0 Å². The summed E-state index contributed by atoms with van der Waals surface area (Å²) in [4.78, 5) is 16.1. The fourth-order valence-corrected chi connectivity index (χ4v) is 3.54. The summed E-state index contributed by atoms with van der Waals surface area (Å²) in [6.07, 6.45) is 7.49. The molecule has 3 rings (SSSR count). The Kier molecular flexibility index (Phi) is 3.85. The van der Waals surface area contributed by atoms with Crippen LogP contribution in [0.15, 0.2) is 30.3 Å². The Morgan fingerprint density at radius 3 is 2.52 bits per heavy atom. The first-order chi connectivity index (χ1) is 10.1. The normalized spacial score (nSPS) is 25.4. The Labute approximate surface area is 127 Å². The van der Waals surface area contributed by atoms with Gasteiger partial charge in [0, 0.05) is 31.7 Å². The van der Waals surface area contributed by atoms with Crippen molar-refractivity contribution in [1.29, 1.82) is 0 Å². The molecule has 21 heavy (non-hydrogen) atoms. The van der Waals surface area contributed by atoms with Gasteiger partial charge < -0.3 is 4.90 Å². The van der Waals surface area contributed by atoms with Gasteiger partial charge >= 0.3 is 0 Å². The molecule has 3 heteroatoms. The van der Waals surface area contributed by atoms with Gasteiger partial charge in [0.15, 0.2) is 0 Å². The summed E-state index contributed by atoms with van der Waals surface area (Å²) in [7, 11) is 5.83. The van der Waals surface area contributed by atoms with Crippen molar-refractivity contribution in [1.82, 2.24) is 9.80 Å². The van der Waals surface area contributed by atoms with Gasteiger partial charge in [-0.05, 0) is 49.6 Å². The lowest BCUT2D eigenvalue weighted by Gasteiger charge is -2.42. The maximum Gasteiger partial charge on any atom is 0.253 e. The van der Waals surface area contributed by atoms with E-state index in [-0.39, 0.29) is 5.91 Å². The molecule has 1 aromatic rings. The van der Waals surface area contributed by atoms with Crippen LogP contribution in [-0.4, -0.2) is 48.9 Å². The molecule has 2 atom stereocenters. The number of likely N-dealkylation sites (N-methyl/N-ethyl adjacent to an activating group) is 1. The number of piperidine rings is 1. The minimum Gasteiger partial charge on any atom is -0.345 e. The summed E-state index contributed by atoms with van der Waals surface area (Å²) in [6, 6.07) is 9.38. The van der Waals surface area contributed by atoms with Gasteiger partial charge in [0.05, 0.1) is 0 Å². The summed E-state index contributed by atoms with van der Waals surface area (Å²) in [5.74, 6) is 0.0655. The molecule has 2 unspecified atom stereocenters. The average molecular weight is 284 g/mol. The standard InChI is InChI=1S/C18H24N2O/c1-19(2)18(21)14-9-7-13(8-10-14)15-11-16-5-4-6-17(12-15)20(16)3/h7-11,16-17H,4-6,12H2,1-3H3. The molecule has 0 aliphatic carbocycles. The van der Waals surface area contributed by atoms with E-state index in [4.69, 9.17) is 0 Å². The van der Waals surface area contributed by atoms with Crippen molar-refractivity contribution in [2.45, 2.75) is 37.8 Å². The van der Waals surface area contributed by atoms with Crippen LogP contribution in [0.1, 0.15) is 41.6 Å². The Morgan fingerprint density at radius 1 is 1.19 bits per heavy atom. The third-order valence-corrected chi connectivity index (χ3v) is 4.89. The minimum absolute atomic E-state index is 0.0655. The summed E-state index contributed by atoms with van der Waals surface area (Å²) < 4.78 is 0. The van der Waals surface area contributed by atoms with Gasteiger partial charge in [-0.1, -0.05) is 24.6 Å². The Balaban J connectivity index is 1.83. The van der Waals surface area contributed by atoms with Crippen molar-refractivity contribution < 1.29 is 4.79 Å². The molecule has 1 fully saturated rings. The number of benzene rings is 1. The van der Waals surface area contributed by atoms with Crippen molar-refractivity contribution in [3.63, 3.8) is 0 Å². The molecule has 1 saturated heterocycles. The van der Waals surface area contributed by atoms with Crippen molar-refractivity contribution in [2.75, 3.05) is 21.1 Å². The van der Waals surface area contributed by atoms with E-state index < -0.39 is 0 Å². The predicted octanol–water partition coefficient (Wildman–Crippen LogP) is 3.03. The second-order valence-corrected chi connectivity index (χ2v) is 6.49. The lowest BCUT2D eigenvalue weighted by Crippen LogP contribution is -2.45. The van der Waals surface area contributed by atoms with Crippen LogP contribution in [-0.2, 0) is 0 Å². The molecule has 0 saturated carbocycles. The number of fused-ring (bicyclic) bond motifs is 2. The monoisotopic (exact) mass is 284 g/mol. The van der Waals surface area contributed by atoms with E-state index in [0.717, 1.165) is 12.0 Å². The molecule has 2 aliphatic heterocycles. The average Bonchev–Trinajstić information content (AvgIpc) is 2.46. The van der Waals surface area contributed by atoms with E-state index in [1.807, 2.05) is 12.1 Å². The first-order valence-corrected chi connectivity index (χ1v) is 7.81. The Morgan fingerprint density at radius 2 is 1.90 bits per heavy atom. The lowest BCUT2D eigenvalue weighted by atomic mass is 9.83. The van der Waals surface area contributed by atoms with Crippen LogP contribution in [0.4, 0.5) is 0 Å². The topological polar surface area (TPSA) is 23.6 Å². The molecule has 2 aliphatic rings. The molecule has 1 aromatic carbocycles. The third-order valence-electron chi connectivity index (χ3n) is 4.89. The van der Waals surface area contributed by atoms with Crippen LogP contribution in [0, 0.1) is 0 Å². The molecule has 2 heterocycles. The second kappa shape index (κ2) is 5.64. The van der Waals surface area contributed by atoms with Crippen LogP contribution in [0.5, 0.6) is 0 Å². The Hall–Kier alpha value is -1.61. The van der Waals surface area contributed by atoms with E-state index in [9.17, 15) is 4.79 Å². The summed E-state index contributed by atoms with van der Waals surface area (Å²) in [5.41, 5.74) is 3.49. The largest absolute Gasteiger partial charge is 0.345 e. The Bertz CT molecular complexity index is 559. The van der Waals surface area contributed by atoms with Crippen LogP contribution in [0.2, 0.25) is 0 Å². The highest BCUT2D eigenvalue weighted by Crippen LogP contribution is 2.35. The van der Waals surface area contributed by atoms with Gasteiger partial charge in [0.2, 0.25) is 0 Å². The fourth-order valence-electron chi connectivity index (χ4n) is 3.54. The van der Waals surface area contributed by atoms with Crippen molar-refractivity contribution in [3.05, 3.63) is 41.5 Å². The first-order valence-electron chi connectivity index (χ1n) is 7.81. The summed E-state index contributed by atoms with van der Waals surface area (Å²) in [5, 5.41) is 0. The zero-order valence-electron chi connectivity index (χ0n) is 13.2. The zero-order chi connectivity index (χ0) is 15.0. The summed E-state index contributed by atoms with van der Waals surface area (Å²) >= 11 is 0. The third kappa shape index (κ3) is 2.75. The molecular weight excluding hydrogens is 260 g/mol. The molecule has 2 bridgehead atoms. The highest BCUT2D eigenvalue weighted by Gasteiger charge is 2.31. The smallest absolute Gasteiger partial charge is 0.253 e. The molecule has 0 aromatic heterocycles. The SMILES string of the molecule is CN(C)C(=O)c1ccc(C2=CC3CCCC(C2)N3C)cc1. The number of carbonyl (C=O) groups is 1. The minimum atomic E-state index is 0.0655. The maximum absolute atomic E-state index is 11.9. The maximum atomic E-state index is 11.9. The van der Waals surface area contributed by atoms with Crippen molar-refractivity contribution >= 4 is 11.5 Å². The van der Waals surface area contributed by atoms with E-state index in [1.54, 1.807) is 19.0 Å². The van der Waals surface area contributed by atoms with Crippen LogP contribution < -0.4 is 0 Å². The molecule has 0 N–H and O–H groups in total. The summed E-state index contributed by atoms with van der Waals surface area (Å²) in [6.45, 7) is 0. The number of hydrogen-bond acceptors (Lipinski definition) is 2. The molecular formula is C18H24N2O. The molecule has 0 spiro atoms. The highest BCUT2D eigenvalue weighted by molar-refractivity contribution is 5.94. The van der Waals surface area contributed by atoms with Gasteiger partial charge in [-0.3, -0.25) is 9.69 Å². The van der Waals surface area contributed by atoms with Gasteiger partial charge in [-0.2, -0.15) is 0 Å². The number of carbonyl (C=O) groups excluding carboxylic acids is 1. The molecule has 3 nitrogen and oxygen atoms in total. The van der Waals surface area contributed by atoms with E-state index in [1.165, 1.54) is 30.4 Å². The predicted molar refractivity (Wildman–Crippen MR) is 86.2 cm³/mol. The van der Waals surface area contributed by atoms with Gasteiger partial charge in [0.1, 0.15) is 0 Å². The van der Waals surface area contributed by atoms with E-state index in [0.29, 0.717) is 12.1 Å². The first kappa shape index (κ1) is 14.3.